The Balaban J connectivity index is 4.64. The first kappa shape index (κ1) is 12.8. The third-order valence-electron chi connectivity index (χ3n) is 0.978. The molecular weight excluding hydrogens is 272 g/mol. The zero-order valence-corrected chi connectivity index (χ0v) is 7.99. The average Bonchev–Trinajstić information content (AvgIpc) is 1.99. The van der Waals surface area contributed by atoms with Crippen molar-refractivity contribution in [1.82, 2.24) is 0 Å². The second-order valence-electron chi connectivity index (χ2n) is 1.93. The van der Waals surface area contributed by atoms with E-state index in [1.54, 1.807) is 0 Å². The summed E-state index contributed by atoms with van der Waals surface area (Å²) < 4.78 is 0. The van der Waals surface area contributed by atoms with Crippen LogP contribution in [0.5, 0.6) is 0 Å². The number of hydrogen-bond acceptors (Lipinski definition) is 8. The smallest absolute Gasteiger partial charge is 0.385 e. The Bertz CT molecular complexity index is 217. The van der Waals surface area contributed by atoms with Crippen molar-refractivity contribution in [2.24, 2.45) is 0 Å². The number of nitrogens with zero attached hydrogens (tertiary/aromatic N) is 2. The summed E-state index contributed by atoms with van der Waals surface area (Å²) in [6, 6.07) is 0. The fourth-order valence-corrected chi connectivity index (χ4v) is 0.859. The van der Waals surface area contributed by atoms with Crippen LogP contribution in [-0.2, 0) is 9.68 Å². The minimum absolute atomic E-state index is 0.425. The van der Waals surface area contributed by atoms with Crippen LogP contribution >= 0.6 is 15.9 Å². The second-order valence-corrected chi connectivity index (χ2v) is 2.58. The molecule has 0 aromatic carbocycles. The predicted molar refractivity (Wildman–Crippen MR) is 40.9 cm³/mol. The highest BCUT2D eigenvalue weighted by Crippen LogP contribution is 2.16. The van der Waals surface area contributed by atoms with Crippen LogP contribution in [0.25, 0.3) is 0 Å². The van der Waals surface area contributed by atoms with Crippen molar-refractivity contribution in [1.29, 1.82) is 0 Å². The monoisotopic (exact) mass is 276 g/mol. The second kappa shape index (κ2) is 4.88. The molecule has 0 aliphatic heterocycles. The molecule has 0 spiro atoms. The Morgan fingerprint density at radius 1 is 1.36 bits per heavy atom. The predicted octanol–water partition coefficient (Wildman–Crippen LogP) is -1.20. The van der Waals surface area contributed by atoms with Crippen molar-refractivity contribution in [2.75, 3.05) is 5.33 Å². The zero-order valence-electron chi connectivity index (χ0n) is 6.40. The van der Waals surface area contributed by atoms with Crippen LogP contribution in [0.2, 0.25) is 0 Å². The Kier molecular flexibility index (Phi) is 4.46. The van der Waals surface area contributed by atoms with Gasteiger partial charge < -0.3 is 10.2 Å². The van der Waals surface area contributed by atoms with Gasteiger partial charge in [-0.05, 0) is 0 Å². The topological polar surface area (TPSA) is 145 Å². The van der Waals surface area contributed by atoms with E-state index in [1.807, 2.05) is 0 Å². The molecule has 0 aromatic heterocycles. The highest BCUT2D eigenvalue weighted by atomic mass is 79.9. The van der Waals surface area contributed by atoms with Gasteiger partial charge in [0, 0.05) is 5.33 Å². The largest absolute Gasteiger partial charge is 0.390 e. The number of alkyl halides is 1. The van der Waals surface area contributed by atoms with Crippen LogP contribution in [0, 0.1) is 20.2 Å². The van der Waals surface area contributed by atoms with Crippen molar-refractivity contribution in [3.8, 4) is 0 Å². The summed E-state index contributed by atoms with van der Waals surface area (Å²) in [6.45, 7) is 0. The van der Waals surface area contributed by atoms with Crippen molar-refractivity contribution < 1.29 is 30.1 Å². The van der Waals surface area contributed by atoms with E-state index in [9.17, 15) is 20.2 Å². The summed E-state index contributed by atoms with van der Waals surface area (Å²) in [7, 11) is 0. The Morgan fingerprint density at radius 3 is 1.93 bits per heavy atom. The van der Waals surface area contributed by atoms with Crippen LogP contribution in [0.1, 0.15) is 0 Å². The third kappa shape index (κ3) is 3.68. The molecule has 0 heterocycles. The van der Waals surface area contributed by atoms with E-state index in [-0.39, 0.29) is 0 Å². The maximum atomic E-state index is 9.81. The van der Waals surface area contributed by atoms with Crippen LogP contribution in [0.3, 0.4) is 0 Å². The fourth-order valence-electron chi connectivity index (χ4n) is 0.449. The molecule has 2 N–H and O–H groups in total. The van der Waals surface area contributed by atoms with Crippen molar-refractivity contribution in [3.63, 3.8) is 0 Å². The summed E-state index contributed by atoms with van der Waals surface area (Å²) in [5, 5.41) is 34.1. The summed E-state index contributed by atoms with van der Waals surface area (Å²) in [6.07, 6.45) is -2.00. The molecule has 0 aliphatic carbocycles. The van der Waals surface area contributed by atoms with Gasteiger partial charge in [-0.1, -0.05) is 15.9 Å². The third-order valence-corrected chi connectivity index (χ3v) is 1.59. The molecule has 1 atom stereocenters. The molecule has 0 amide bonds. The molecular formula is C3H5BrN2O8. The first-order chi connectivity index (χ1) is 6.31. The SMILES string of the molecule is O=[N+]([O-])OC(O)(O[N+](=O)[O-])C(O)CBr. The van der Waals surface area contributed by atoms with Gasteiger partial charge in [-0.2, -0.15) is 0 Å². The summed E-state index contributed by atoms with van der Waals surface area (Å²) in [5.74, 6) is -3.34. The van der Waals surface area contributed by atoms with Gasteiger partial charge in [0.15, 0.2) is 0 Å². The molecule has 0 radical (unpaired) electrons. The van der Waals surface area contributed by atoms with Gasteiger partial charge in [-0.25, -0.2) is 9.68 Å². The van der Waals surface area contributed by atoms with Crippen LogP contribution in [0.15, 0.2) is 0 Å². The van der Waals surface area contributed by atoms with Crippen LogP contribution < -0.4 is 0 Å². The van der Waals surface area contributed by atoms with Gasteiger partial charge in [-0.15, -0.1) is 20.2 Å². The average molecular weight is 277 g/mol. The summed E-state index contributed by atoms with van der Waals surface area (Å²) >= 11 is 2.62. The number of halogens is 1. The van der Waals surface area contributed by atoms with Gasteiger partial charge in [0.2, 0.25) is 0 Å². The highest BCUT2D eigenvalue weighted by molar-refractivity contribution is 9.09. The van der Waals surface area contributed by atoms with E-state index in [4.69, 9.17) is 10.2 Å². The van der Waals surface area contributed by atoms with Gasteiger partial charge in [0.05, 0.1) is 0 Å². The van der Waals surface area contributed by atoms with Crippen LogP contribution in [0.4, 0.5) is 0 Å². The Morgan fingerprint density at radius 2 is 1.71 bits per heavy atom. The van der Waals surface area contributed by atoms with Crippen LogP contribution in [-0.4, -0.2) is 37.8 Å². The lowest BCUT2D eigenvalue weighted by Crippen LogP contribution is -2.50. The molecule has 0 saturated heterocycles. The van der Waals surface area contributed by atoms with Gasteiger partial charge >= 0.3 is 5.97 Å². The van der Waals surface area contributed by atoms with Crippen molar-refractivity contribution in [2.45, 2.75) is 12.1 Å². The quantitative estimate of drug-likeness (QED) is 0.266. The van der Waals surface area contributed by atoms with Gasteiger partial charge in [-0.3, -0.25) is 0 Å². The standard InChI is InChI=1S/C3H5BrN2O8/c4-1-2(7)3(8,13-5(9)10)14-6(11)12/h2,7-8H,1H2. The summed E-state index contributed by atoms with van der Waals surface area (Å²) in [5.41, 5.74) is 0. The molecule has 0 rings (SSSR count). The maximum absolute atomic E-state index is 9.81. The number of aliphatic hydroxyl groups excluding tert-OH is 1. The molecule has 0 saturated carbocycles. The molecule has 82 valence electrons. The van der Waals surface area contributed by atoms with E-state index in [0.29, 0.717) is 0 Å². The summed E-state index contributed by atoms with van der Waals surface area (Å²) in [4.78, 5) is 26.5. The highest BCUT2D eigenvalue weighted by Gasteiger charge is 2.44. The van der Waals surface area contributed by atoms with E-state index in [1.165, 1.54) is 0 Å². The van der Waals surface area contributed by atoms with E-state index in [2.05, 4.69) is 25.6 Å². The molecule has 10 nitrogen and oxygen atoms in total. The Labute approximate surface area is 84.4 Å². The Hall–Kier alpha value is -1.20. The lowest BCUT2D eigenvalue weighted by Gasteiger charge is -2.25. The van der Waals surface area contributed by atoms with E-state index >= 15 is 0 Å². The lowest BCUT2D eigenvalue weighted by atomic mass is 10.3. The van der Waals surface area contributed by atoms with Gasteiger partial charge in [0.1, 0.15) is 6.10 Å². The first-order valence-corrected chi connectivity index (χ1v) is 4.07. The number of hydrogen-bond donors (Lipinski definition) is 2. The van der Waals surface area contributed by atoms with E-state index in [0.717, 1.165) is 0 Å². The molecule has 0 fully saturated rings. The van der Waals surface area contributed by atoms with Crippen molar-refractivity contribution in [3.05, 3.63) is 20.2 Å². The van der Waals surface area contributed by atoms with Crippen molar-refractivity contribution >= 4 is 15.9 Å². The fraction of sp³-hybridized carbons (Fsp3) is 1.00. The first-order valence-electron chi connectivity index (χ1n) is 2.95. The number of rotatable bonds is 6. The molecule has 1 unspecified atom stereocenters. The molecule has 11 heteroatoms. The maximum Gasteiger partial charge on any atom is 0.390 e. The zero-order chi connectivity index (χ0) is 11.4. The molecule has 14 heavy (non-hydrogen) atoms. The molecule has 0 bridgehead atoms. The minimum atomic E-state index is -3.34. The lowest BCUT2D eigenvalue weighted by molar-refractivity contribution is -0.897. The normalized spacial score (nSPS) is 13.1. The number of aliphatic hydroxyl groups is 2. The van der Waals surface area contributed by atoms with E-state index < -0.39 is 27.6 Å². The van der Waals surface area contributed by atoms with Gasteiger partial charge in [0.25, 0.3) is 10.2 Å². The minimum Gasteiger partial charge on any atom is -0.385 e. The molecule has 0 aromatic rings. The molecule has 0 aliphatic rings.